The minimum absolute atomic E-state index is 0.0270. The van der Waals surface area contributed by atoms with E-state index < -0.39 is 22.7 Å². The molecular weight excluding hydrogens is 381 g/mol. The zero-order valence-electron chi connectivity index (χ0n) is 15.7. The summed E-state index contributed by atoms with van der Waals surface area (Å²) in [6.07, 6.45) is -4.39. The number of hydrogen-bond donors (Lipinski definition) is 0. The Balaban J connectivity index is 2.35. The number of sulfonamides is 1. The molecule has 0 spiro atoms. The molecule has 2 aromatic rings. The molecule has 150 valence electrons. The lowest BCUT2D eigenvalue weighted by Crippen LogP contribution is -2.36. The maximum Gasteiger partial charge on any atom is 0.401 e. The molecule has 0 saturated carbocycles. The van der Waals surface area contributed by atoms with Crippen molar-refractivity contribution in [1.29, 1.82) is 0 Å². The van der Waals surface area contributed by atoms with Gasteiger partial charge in [0.2, 0.25) is 10.0 Å². The number of rotatable bonds is 7. The second kappa shape index (κ2) is 7.99. The van der Waals surface area contributed by atoms with Gasteiger partial charge in [-0.3, -0.25) is 9.58 Å². The van der Waals surface area contributed by atoms with Crippen molar-refractivity contribution in [2.24, 2.45) is 0 Å². The molecule has 0 aliphatic carbocycles. The van der Waals surface area contributed by atoms with Crippen LogP contribution in [0.2, 0.25) is 0 Å². The van der Waals surface area contributed by atoms with Gasteiger partial charge in [-0.05, 0) is 19.4 Å². The van der Waals surface area contributed by atoms with E-state index in [0.29, 0.717) is 5.69 Å². The molecule has 0 unspecified atom stereocenters. The van der Waals surface area contributed by atoms with Crippen molar-refractivity contribution in [2.45, 2.75) is 38.1 Å². The Bertz CT molecular complexity index is 878. The number of nitrogens with zero attached hydrogens (tertiary/aromatic N) is 4. The third-order valence-electron chi connectivity index (χ3n) is 4.04. The average Bonchev–Trinajstić information content (AvgIpc) is 2.80. The van der Waals surface area contributed by atoms with Crippen LogP contribution >= 0.6 is 0 Å². The van der Waals surface area contributed by atoms with Gasteiger partial charge in [0.1, 0.15) is 4.90 Å². The van der Waals surface area contributed by atoms with Crippen molar-refractivity contribution < 1.29 is 21.6 Å². The molecule has 10 heteroatoms. The summed E-state index contributed by atoms with van der Waals surface area (Å²) in [6, 6.07) is 8.79. The van der Waals surface area contributed by atoms with E-state index in [4.69, 9.17) is 0 Å². The van der Waals surface area contributed by atoms with Gasteiger partial charge in [-0.2, -0.15) is 18.3 Å². The summed E-state index contributed by atoms with van der Waals surface area (Å²) in [6.45, 7) is 1.84. The number of aryl methyl sites for hydroxylation is 1. The van der Waals surface area contributed by atoms with Gasteiger partial charge >= 0.3 is 6.18 Å². The Hall–Kier alpha value is -1.91. The number of benzene rings is 1. The minimum Gasteiger partial charge on any atom is -0.271 e. The van der Waals surface area contributed by atoms with E-state index in [-0.39, 0.29) is 23.8 Å². The smallest absolute Gasteiger partial charge is 0.271 e. The Morgan fingerprint density at radius 1 is 1.11 bits per heavy atom. The first kappa shape index (κ1) is 21.4. The van der Waals surface area contributed by atoms with Crippen LogP contribution in [0.3, 0.4) is 0 Å². The molecule has 0 aliphatic heterocycles. The SMILES string of the molecule is Cc1nn(CN(Cc2ccccc2)CC(F)(F)F)c(C)c1S(=O)(=O)N(C)C. The predicted molar refractivity (Wildman–Crippen MR) is 95.5 cm³/mol. The van der Waals surface area contributed by atoms with Gasteiger partial charge in [0.05, 0.1) is 24.6 Å². The van der Waals surface area contributed by atoms with Crippen molar-refractivity contribution in [3.63, 3.8) is 0 Å². The Kier molecular flexibility index (Phi) is 6.33. The maximum atomic E-state index is 13.0. The Morgan fingerprint density at radius 2 is 1.70 bits per heavy atom. The summed E-state index contributed by atoms with van der Waals surface area (Å²) in [5.74, 6) is 0. The molecular formula is C17H23F3N4O2S. The van der Waals surface area contributed by atoms with Crippen molar-refractivity contribution in [3.05, 3.63) is 47.3 Å². The lowest BCUT2D eigenvalue weighted by molar-refractivity contribution is -0.151. The summed E-state index contributed by atoms with van der Waals surface area (Å²) in [4.78, 5) is 1.21. The molecule has 1 aromatic heterocycles. The highest BCUT2D eigenvalue weighted by molar-refractivity contribution is 7.89. The van der Waals surface area contributed by atoms with Crippen LogP contribution in [0.15, 0.2) is 35.2 Å². The average molecular weight is 404 g/mol. The van der Waals surface area contributed by atoms with Crippen molar-refractivity contribution >= 4 is 10.0 Å². The maximum absolute atomic E-state index is 13.0. The van der Waals surface area contributed by atoms with Gasteiger partial charge in [-0.1, -0.05) is 30.3 Å². The van der Waals surface area contributed by atoms with Crippen LogP contribution in [-0.4, -0.2) is 54.2 Å². The topological polar surface area (TPSA) is 58.4 Å². The highest BCUT2D eigenvalue weighted by atomic mass is 32.2. The van der Waals surface area contributed by atoms with Crippen LogP contribution in [0, 0.1) is 13.8 Å². The zero-order valence-corrected chi connectivity index (χ0v) is 16.5. The lowest BCUT2D eigenvalue weighted by atomic mass is 10.2. The van der Waals surface area contributed by atoms with E-state index in [1.54, 1.807) is 37.3 Å². The lowest BCUT2D eigenvalue weighted by Gasteiger charge is -2.24. The number of aromatic nitrogens is 2. The molecule has 0 radical (unpaired) electrons. The molecule has 27 heavy (non-hydrogen) atoms. The predicted octanol–water partition coefficient (Wildman–Crippen LogP) is 2.77. The van der Waals surface area contributed by atoms with Gasteiger partial charge in [-0.15, -0.1) is 0 Å². The summed E-state index contributed by atoms with van der Waals surface area (Å²) in [5.41, 5.74) is 1.29. The van der Waals surface area contributed by atoms with E-state index in [1.807, 2.05) is 0 Å². The van der Waals surface area contributed by atoms with Crippen LogP contribution in [0.25, 0.3) is 0 Å². The van der Waals surface area contributed by atoms with Crippen molar-refractivity contribution in [3.8, 4) is 0 Å². The molecule has 1 aromatic carbocycles. The second-order valence-electron chi connectivity index (χ2n) is 6.52. The van der Waals surface area contributed by atoms with E-state index in [1.165, 1.54) is 30.6 Å². The van der Waals surface area contributed by atoms with Gasteiger partial charge in [0, 0.05) is 20.6 Å². The molecule has 2 rings (SSSR count). The van der Waals surface area contributed by atoms with Crippen LogP contribution in [0.5, 0.6) is 0 Å². The first-order valence-corrected chi connectivity index (χ1v) is 9.65. The minimum atomic E-state index is -4.39. The first-order valence-electron chi connectivity index (χ1n) is 8.21. The molecule has 1 heterocycles. The summed E-state index contributed by atoms with van der Waals surface area (Å²) in [5, 5.41) is 4.17. The third kappa shape index (κ3) is 5.30. The normalized spacial score (nSPS) is 12.9. The highest BCUT2D eigenvalue weighted by Gasteiger charge is 2.32. The number of hydrogen-bond acceptors (Lipinski definition) is 4. The first-order chi connectivity index (χ1) is 12.4. The van der Waals surface area contributed by atoms with Crippen LogP contribution in [0.1, 0.15) is 17.0 Å². The van der Waals surface area contributed by atoms with Gasteiger partial charge in [0.15, 0.2) is 0 Å². The fourth-order valence-corrected chi connectivity index (χ4v) is 4.07. The van der Waals surface area contributed by atoms with Gasteiger partial charge in [0.25, 0.3) is 0 Å². The third-order valence-corrected chi connectivity index (χ3v) is 6.11. The number of alkyl halides is 3. The molecule has 0 aliphatic rings. The Morgan fingerprint density at radius 3 is 2.22 bits per heavy atom. The molecule has 0 fully saturated rings. The van der Waals surface area contributed by atoms with E-state index in [0.717, 1.165) is 9.87 Å². The monoisotopic (exact) mass is 404 g/mol. The largest absolute Gasteiger partial charge is 0.401 e. The summed E-state index contributed by atoms with van der Waals surface area (Å²) < 4.78 is 66.4. The van der Waals surface area contributed by atoms with Gasteiger partial charge in [-0.25, -0.2) is 12.7 Å². The fourth-order valence-electron chi connectivity index (χ4n) is 2.81. The molecule has 0 atom stereocenters. The van der Waals surface area contributed by atoms with Crippen molar-refractivity contribution in [1.82, 2.24) is 19.0 Å². The fraction of sp³-hybridized carbons (Fsp3) is 0.471. The van der Waals surface area contributed by atoms with Crippen LogP contribution in [-0.2, 0) is 23.2 Å². The summed E-state index contributed by atoms with van der Waals surface area (Å²) >= 11 is 0. The quantitative estimate of drug-likeness (QED) is 0.712. The van der Waals surface area contributed by atoms with Gasteiger partial charge < -0.3 is 0 Å². The molecule has 6 nitrogen and oxygen atoms in total. The van der Waals surface area contributed by atoms with E-state index >= 15 is 0 Å². The second-order valence-corrected chi connectivity index (χ2v) is 8.60. The van der Waals surface area contributed by atoms with Crippen molar-refractivity contribution in [2.75, 3.05) is 20.6 Å². The molecule has 0 bridgehead atoms. The summed E-state index contributed by atoms with van der Waals surface area (Å²) in [7, 11) is -0.939. The molecule has 0 saturated heterocycles. The van der Waals surface area contributed by atoms with Crippen LogP contribution < -0.4 is 0 Å². The zero-order chi connectivity index (χ0) is 20.4. The van der Waals surface area contributed by atoms with Crippen LogP contribution in [0.4, 0.5) is 13.2 Å². The Labute approximate surface area is 157 Å². The molecule has 0 N–H and O–H groups in total. The molecule has 0 amide bonds. The van der Waals surface area contributed by atoms with E-state index in [2.05, 4.69) is 5.10 Å². The van der Waals surface area contributed by atoms with E-state index in [9.17, 15) is 21.6 Å². The standard InChI is InChI=1S/C17H23F3N4O2S/c1-13-16(27(25,26)22(3)4)14(2)24(21-13)12-23(11-17(18,19)20)10-15-8-6-5-7-9-15/h5-9H,10-12H2,1-4H3. The highest BCUT2D eigenvalue weighted by Crippen LogP contribution is 2.24. The number of halogens is 3.